The highest BCUT2D eigenvalue weighted by Gasteiger charge is 2.40. The first-order valence-corrected chi connectivity index (χ1v) is 13.5. The number of sulfonamides is 1. The molecule has 1 aliphatic rings. The molecule has 1 aliphatic heterocycles. The van der Waals surface area contributed by atoms with E-state index < -0.39 is 39.4 Å². The van der Waals surface area contributed by atoms with Crippen LogP contribution in [-0.4, -0.2) is 41.2 Å². The van der Waals surface area contributed by atoms with Gasteiger partial charge in [0.15, 0.2) is 5.78 Å². The topological polar surface area (TPSA) is 101 Å². The number of rotatable bonds is 7. The van der Waals surface area contributed by atoms with E-state index in [0.717, 1.165) is 28.6 Å². The van der Waals surface area contributed by atoms with Crippen LogP contribution in [0.2, 0.25) is 0 Å². The van der Waals surface area contributed by atoms with E-state index in [4.69, 9.17) is 4.42 Å². The van der Waals surface area contributed by atoms with Crippen LogP contribution >= 0.6 is 0 Å². The van der Waals surface area contributed by atoms with Crippen LogP contribution in [0, 0.1) is 5.82 Å². The molecule has 204 valence electrons. The van der Waals surface area contributed by atoms with Crippen LogP contribution in [-0.2, 0) is 27.4 Å². The number of furan rings is 1. The number of phenolic OH excluding ortho intramolecular Hbond substituents is 1. The summed E-state index contributed by atoms with van der Waals surface area (Å²) in [4.78, 5) is 17.5. The van der Waals surface area contributed by atoms with Crippen molar-refractivity contribution in [1.29, 1.82) is 0 Å². The number of fused-ring (bicyclic) bond motifs is 1. The molecule has 3 heterocycles. The lowest BCUT2D eigenvalue weighted by Gasteiger charge is -2.21. The number of Topliss-reactive ketones (excluding diaryl/α,β-unsaturated/α-hetero) is 1. The molecule has 0 amide bonds. The minimum Gasteiger partial charge on any atom is -0.507 e. The van der Waals surface area contributed by atoms with Crippen molar-refractivity contribution in [2.24, 2.45) is 0 Å². The average Bonchev–Trinajstić information content (AvgIpc) is 3.55. The maximum atomic E-state index is 13.5. The van der Waals surface area contributed by atoms with Crippen molar-refractivity contribution < 1.29 is 40.3 Å². The van der Waals surface area contributed by atoms with Gasteiger partial charge in [-0.05, 0) is 67.8 Å². The number of hydrogen-bond acceptors (Lipinski definition) is 6. The van der Waals surface area contributed by atoms with E-state index in [1.165, 1.54) is 18.2 Å². The number of alkyl halides is 3. The van der Waals surface area contributed by atoms with E-state index in [1.54, 1.807) is 12.1 Å². The van der Waals surface area contributed by atoms with E-state index in [9.17, 15) is 35.9 Å². The number of carbonyl (C=O) groups excluding carboxylic acids is 1. The molecule has 5 rings (SSSR count). The minimum absolute atomic E-state index is 0.0303. The molecular formula is C27H22F4N2O5S. The van der Waals surface area contributed by atoms with E-state index in [0.29, 0.717) is 30.0 Å². The van der Waals surface area contributed by atoms with E-state index in [1.807, 2.05) is 0 Å². The maximum absolute atomic E-state index is 13.5. The lowest BCUT2D eigenvalue weighted by molar-refractivity contribution is -0.137. The van der Waals surface area contributed by atoms with Gasteiger partial charge in [0.05, 0.1) is 17.3 Å². The Hall–Kier alpha value is -3.77. The molecule has 2 aromatic heterocycles. The molecule has 4 aromatic rings. The molecule has 1 saturated heterocycles. The number of aromatic nitrogens is 1. The largest absolute Gasteiger partial charge is 0.507 e. The van der Waals surface area contributed by atoms with Gasteiger partial charge in [-0.25, -0.2) is 12.8 Å². The lowest BCUT2D eigenvalue weighted by atomic mass is 10.0. The normalized spacial score (nSPS) is 16.7. The standard InChI is InChI=1S/C27H22F4N2O5S/c28-18-7-11-25-16(13-18)14-26(38-25)39(36,37)33-12-2-5-22(33)23(34)10-8-19-3-1-4-21(32-19)20-9-6-17(15-24(20)35)27(29,30)31/h1,3-4,6-7,9,11,13-15,22,35H,2,5,8,10,12H2/t22-/m0/s1. The van der Waals surface area contributed by atoms with Crippen molar-refractivity contribution in [3.8, 4) is 17.0 Å². The Bertz CT molecular complexity index is 1670. The Morgan fingerprint density at radius 1 is 1.10 bits per heavy atom. The first-order valence-electron chi connectivity index (χ1n) is 12.0. The van der Waals surface area contributed by atoms with E-state index >= 15 is 0 Å². The summed E-state index contributed by atoms with van der Waals surface area (Å²) in [5.74, 6) is -1.43. The first-order chi connectivity index (χ1) is 18.4. The minimum atomic E-state index is -4.60. The van der Waals surface area contributed by atoms with Crippen molar-refractivity contribution >= 4 is 26.8 Å². The summed E-state index contributed by atoms with van der Waals surface area (Å²) in [6.45, 7) is 0.130. The summed E-state index contributed by atoms with van der Waals surface area (Å²) in [6, 6.07) is 11.4. The van der Waals surface area contributed by atoms with Crippen molar-refractivity contribution in [2.75, 3.05) is 6.54 Å². The third kappa shape index (κ3) is 5.39. The van der Waals surface area contributed by atoms with Gasteiger partial charge in [0.25, 0.3) is 10.0 Å². The fourth-order valence-electron chi connectivity index (χ4n) is 4.69. The molecule has 1 fully saturated rings. The molecule has 0 bridgehead atoms. The molecule has 0 unspecified atom stereocenters. The SMILES string of the molecule is O=C(CCc1cccc(-c2ccc(C(F)(F)F)cc2O)n1)[C@@H]1CCCN1S(=O)(=O)c1cc2cc(F)ccc2o1. The van der Waals surface area contributed by atoms with Crippen molar-refractivity contribution in [3.05, 3.63) is 77.7 Å². The van der Waals surface area contributed by atoms with Crippen LogP contribution in [0.5, 0.6) is 5.75 Å². The molecule has 0 radical (unpaired) electrons. The van der Waals surface area contributed by atoms with Gasteiger partial charge in [0.2, 0.25) is 5.09 Å². The predicted octanol–water partition coefficient (Wildman–Crippen LogP) is 5.71. The van der Waals surface area contributed by atoms with Crippen molar-refractivity contribution in [3.63, 3.8) is 0 Å². The number of benzene rings is 2. The molecule has 39 heavy (non-hydrogen) atoms. The number of ketones is 1. The third-order valence-corrected chi connectivity index (χ3v) is 8.39. The molecule has 0 spiro atoms. The Labute approximate surface area is 220 Å². The van der Waals surface area contributed by atoms with Gasteiger partial charge in [-0.15, -0.1) is 0 Å². The number of nitrogens with zero attached hydrogens (tertiary/aromatic N) is 2. The Balaban J connectivity index is 1.30. The lowest BCUT2D eigenvalue weighted by Crippen LogP contribution is -2.40. The number of halogens is 4. The molecule has 7 nitrogen and oxygen atoms in total. The molecule has 0 aliphatic carbocycles. The summed E-state index contributed by atoms with van der Waals surface area (Å²) in [5.41, 5.74) is 0.0119. The average molecular weight is 563 g/mol. The van der Waals surface area contributed by atoms with Gasteiger partial charge >= 0.3 is 6.18 Å². The molecule has 1 atom stereocenters. The maximum Gasteiger partial charge on any atom is 0.416 e. The number of phenols is 1. The van der Waals surface area contributed by atoms with Gasteiger partial charge in [-0.3, -0.25) is 9.78 Å². The smallest absolute Gasteiger partial charge is 0.416 e. The number of carbonyl (C=O) groups is 1. The highest BCUT2D eigenvalue weighted by molar-refractivity contribution is 7.89. The van der Waals surface area contributed by atoms with Gasteiger partial charge in [0, 0.05) is 35.7 Å². The van der Waals surface area contributed by atoms with Crippen LogP contribution in [0.25, 0.3) is 22.2 Å². The molecular weight excluding hydrogens is 540 g/mol. The van der Waals surface area contributed by atoms with Crippen LogP contribution < -0.4 is 0 Å². The summed E-state index contributed by atoms with van der Waals surface area (Å²) in [5, 5.41) is 10.1. The number of aromatic hydroxyl groups is 1. The zero-order valence-corrected chi connectivity index (χ0v) is 21.1. The number of pyridine rings is 1. The molecule has 0 saturated carbocycles. The van der Waals surface area contributed by atoms with Crippen LogP contribution in [0.4, 0.5) is 17.6 Å². The second-order valence-electron chi connectivity index (χ2n) is 9.23. The summed E-state index contributed by atoms with van der Waals surface area (Å²) >= 11 is 0. The second-order valence-corrected chi connectivity index (χ2v) is 11.1. The monoisotopic (exact) mass is 562 g/mol. The van der Waals surface area contributed by atoms with Gasteiger partial charge in [0.1, 0.15) is 17.1 Å². The van der Waals surface area contributed by atoms with Crippen molar-refractivity contribution in [2.45, 2.75) is 43.0 Å². The molecule has 2 aromatic carbocycles. The molecule has 1 N–H and O–H groups in total. The quantitative estimate of drug-likeness (QED) is 0.290. The van der Waals surface area contributed by atoms with Crippen LogP contribution in [0.1, 0.15) is 30.5 Å². The second kappa shape index (κ2) is 10.1. The fourth-order valence-corrected chi connectivity index (χ4v) is 6.32. The predicted molar refractivity (Wildman–Crippen MR) is 133 cm³/mol. The highest BCUT2D eigenvalue weighted by atomic mass is 32.2. The van der Waals surface area contributed by atoms with Gasteiger partial charge in [-0.1, -0.05) is 6.07 Å². The van der Waals surface area contributed by atoms with Crippen LogP contribution in [0.3, 0.4) is 0 Å². The summed E-state index contributed by atoms with van der Waals surface area (Å²) in [7, 11) is -4.15. The van der Waals surface area contributed by atoms with E-state index in [2.05, 4.69) is 4.98 Å². The first kappa shape index (κ1) is 26.8. The highest BCUT2D eigenvalue weighted by Crippen LogP contribution is 2.36. The van der Waals surface area contributed by atoms with Gasteiger partial charge < -0.3 is 9.52 Å². The zero-order valence-electron chi connectivity index (χ0n) is 20.3. The summed E-state index contributed by atoms with van der Waals surface area (Å²) < 4.78 is 85.4. The van der Waals surface area contributed by atoms with E-state index in [-0.39, 0.29) is 47.1 Å². The number of hydrogen-bond donors (Lipinski definition) is 1. The third-order valence-electron chi connectivity index (χ3n) is 6.63. The summed E-state index contributed by atoms with van der Waals surface area (Å²) in [6.07, 6.45) is -3.67. The fraction of sp³-hybridized carbons (Fsp3) is 0.259. The van der Waals surface area contributed by atoms with Crippen LogP contribution in [0.15, 0.2) is 70.2 Å². The Morgan fingerprint density at radius 3 is 2.64 bits per heavy atom. The molecule has 12 heteroatoms. The van der Waals surface area contributed by atoms with Crippen molar-refractivity contribution in [1.82, 2.24) is 9.29 Å². The number of aryl methyl sites for hydroxylation is 1. The zero-order chi connectivity index (χ0) is 27.9. The Kier molecular flexibility index (Phi) is 6.93. The van der Waals surface area contributed by atoms with Gasteiger partial charge in [-0.2, -0.15) is 17.5 Å². The Morgan fingerprint density at radius 2 is 1.90 bits per heavy atom.